The average Bonchev–Trinajstić information content (AvgIpc) is 2.48. The Hall–Kier alpha value is -2.69. The second-order valence-corrected chi connectivity index (χ2v) is 4.90. The minimum absolute atomic E-state index is 0.114. The highest BCUT2D eigenvalue weighted by Gasteiger charge is 2.11. The van der Waals surface area contributed by atoms with E-state index in [1.807, 2.05) is 19.1 Å². The first-order valence-corrected chi connectivity index (χ1v) is 6.75. The minimum Gasteiger partial charge on any atom is -0.483 e. The third-order valence-electron chi connectivity index (χ3n) is 3.01. The van der Waals surface area contributed by atoms with Gasteiger partial charge in [0.25, 0.3) is 5.91 Å². The maximum Gasteiger partial charge on any atom is 0.262 e. The molecule has 0 radical (unpaired) electrons. The smallest absolute Gasteiger partial charge is 0.262 e. The number of benzene rings is 2. The van der Waals surface area contributed by atoms with E-state index in [1.165, 1.54) is 19.1 Å². The Balaban J connectivity index is 1.99. The van der Waals surface area contributed by atoms with Crippen LogP contribution in [0.25, 0.3) is 0 Å². The van der Waals surface area contributed by atoms with Gasteiger partial charge in [-0.05, 0) is 44.2 Å². The van der Waals surface area contributed by atoms with Crippen LogP contribution in [0.5, 0.6) is 5.75 Å². The summed E-state index contributed by atoms with van der Waals surface area (Å²) < 4.78 is 18.5. The zero-order valence-electron chi connectivity index (χ0n) is 12.4. The van der Waals surface area contributed by atoms with Gasteiger partial charge < -0.3 is 10.1 Å². The lowest BCUT2D eigenvalue weighted by Gasteiger charge is -2.10. The summed E-state index contributed by atoms with van der Waals surface area (Å²) in [6.45, 7) is 3.00. The third-order valence-corrected chi connectivity index (χ3v) is 3.01. The molecule has 5 heteroatoms. The van der Waals surface area contributed by atoms with Crippen LogP contribution < -0.4 is 10.1 Å². The molecular weight excluding hydrogens is 285 g/mol. The normalized spacial score (nSPS) is 10.1. The molecule has 0 aromatic heterocycles. The summed E-state index contributed by atoms with van der Waals surface area (Å²) in [5.41, 5.74) is 1.86. The summed E-state index contributed by atoms with van der Waals surface area (Å²) >= 11 is 0. The van der Waals surface area contributed by atoms with Crippen molar-refractivity contribution >= 4 is 17.4 Å². The number of halogens is 1. The Morgan fingerprint density at radius 3 is 2.45 bits per heavy atom. The number of carbonyl (C=O) groups is 2. The van der Waals surface area contributed by atoms with Gasteiger partial charge in [-0.25, -0.2) is 4.39 Å². The summed E-state index contributed by atoms with van der Waals surface area (Å²) in [6.07, 6.45) is 0. The largest absolute Gasteiger partial charge is 0.483 e. The quantitative estimate of drug-likeness (QED) is 0.862. The molecule has 1 N–H and O–H groups in total. The van der Waals surface area contributed by atoms with Gasteiger partial charge in [0.15, 0.2) is 12.4 Å². The van der Waals surface area contributed by atoms with Crippen LogP contribution in [0, 0.1) is 12.7 Å². The number of rotatable bonds is 5. The fourth-order valence-electron chi connectivity index (χ4n) is 1.88. The van der Waals surface area contributed by atoms with Crippen LogP contribution in [-0.2, 0) is 4.79 Å². The molecule has 0 fully saturated rings. The van der Waals surface area contributed by atoms with Crippen LogP contribution >= 0.6 is 0 Å². The number of ether oxygens (including phenoxy) is 1. The van der Waals surface area contributed by atoms with Crippen LogP contribution in [0.1, 0.15) is 22.8 Å². The number of Topliss-reactive ketones (excluding diaryl/α,β-unsaturated/α-hetero) is 1. The van der Waals surface area contributed by atoms with Crippen molar-refractivity contribution in [3.8, 4) is 5.75 Å². The molecule has 2 aromatic rings. The van der Waals surface area contributed by atoms with E-state index in [0.29, 0.717) is 5.69 Å². The number of hydrogen-bond donors (Lipinski definition) is 1. The number of amides is 1. The molecule has 0 bridgehead atoms. The summed E-state index contributed by atoms with van der Waals surface area (Å²) in [5, 5.41) is 2.68. The Bertz CT molecular complexity index is 696. The molecule has 4 nitrogen and oxygen atoms in total. The van der Waals surface area contributed by atoms with E-state index in [1.54, 1.807) is 12.1 Å². The molecular formula is C17H16FNO3. The van der Waals surface area contributed by atoms with Gasteiger partial charge in [-0.15, -0.1) is 0 Å². The van der Waals surface area contributed by atoms with Gasteiger partial charge >= 0.3 is 0 Å². The van der Waals surface area contributed by atoms with E-state index in [2.05, 4.69) is 5.32 Å². The molecule has 0 spiro atoms. The summed E-state index contributed by atoms with van der Waals surface area (Å²) in [7, 11) is 0. The molecule has 2 rings (SSSR count). The second kappa shape index (κ2) is 6.85. The molecule has 0 saturated heterocycles. The first-order valence-electron chi connectivity index (χ1n) is 6.75. The van der Waals surface area contributed by atoms with Crippen molar-refractivity contribution in [2.75, 3.05) is 11.9 Å². The molecule has 0 saturated carbocycles. The van der Waals surface area contributed by atoms with Crippen molar-refractivity contribution < 1.29 is 18.7 Å². The monoisotopic (exact) mass is 301 g/mol. The van der Waals surface area contributed by atoms with Gasteiger partial charge in [0, 0.05) is 5.69 Å². The zero-order chi connectivity index (χ0) is 16.1. The predicted molar refractivity (Wildman–Crippen MR) is 81.7 cm³/mol. The van der Waals surface area contributed by atoms with Crippen molar-refractivity contribution in [1.29, 1.82) is 0 Å². The molecule has 0 aliphatic heterocycles. The lowest BCUT2D eigenvalue weighted by molar-refractivity contribution is -0.118. The van der Waals surface area contributed by atoms with Gasteiger partial charge in [0.05, 0.1) is 5.56 Å². The standard InChI is InChI=1S/C17H16FNO3/c1-11-3-6-14(7-4-11)19-17(21)10-22-16-8-5-13(18)9-15(16)12(2)20/h3-9H,10H2,1-2H3,(H,19,21). The van der Waals surface area contributed by atoms with E-state index in [0.717, 1.165) is 11.6 Å². The van der Waals surface area contributed by atoms with Crippen molar-refractivity contribution in [2.45, 2.75) is 13.8 Å². The summed E-state index contributed by atoms with van der Waals surface area (Å²) in [4.78, 5) is 23.3. The first-order chi connectivity index (χ1) is 10.5. The Morgan fingerprint density at radius 1 is 1.14 bits per heavy atom. The van der Waals surface area contributed by atoms with E-state index in [-0.39, 0.29) is 29.6 Å². The van der Waals surface area contributed by atoms with Crippen molar-refractivity contribution in [3.63, 3.8) is 0 Å². The number of anilines is 1. The van der Waals surface area contributed by atoms with E-state index >= 15 is 0 Å². The highest BCUT2D eigenvalue weighted by Crippen LogP contribution is 2.20. The maximum absolute atomic E-state index is 13.1. The highest BCUT2D eigenvalue weighted by atomic mass is 19.1. The number of hydrogen-bond acceptors (Lipinski definition) is 3. The minimum atomic E-state index is -0.526. The molecule has 0 atom stereocenters. The first kappa shape index (κ1) is 15.7. The van der Waals surface area contributed by atoms with Crippen LogP contribution in [-0.4, -0.2) is 18.3 Å². The molecule has 0 aliphatic carbocycles. The van der Waals surface area contributed by atoms with Gasteiger partial charge in [0.1, 0.15) is 11.6 Å². The zero-order valence-corrected chi connectivity index (χ0v) is 12.4. The molecule has 1 amide bonds. The van der Waals surface area contributed by atoms with Crippen molar-refractivity contribution in [2.24, 2.45) is 0 Å². The summed E-state index contributed by atoms with van der Waals surface area (Å²) in [6, 6.07) is 10.9. The Morgan fingerprint density at radius 2 is 1.82 bits per heavy atom. The van der Waals surface area contributed by atoms with Crippen LogP contribution in [0.15, 0.2) is 42.5 Å². The molecule has 0 unspecified atom stereocenters. The molecule has 0 heterocycles. The Kier molecular flexibility index (Phi) is 4.88. The van der Waals surface area contributed by atoms with Crippen molar-refractivity contribution in [1.82, 2.24) is 0 Å². The van der Waals surface area contributed by atoms with Crippen LogP contribution in [0.2, 0.25) is 0 Å². The van der Waals surface area contributed by atoms with Crippen LogP contribution in [0.4, 0.5) is 10.1 Å². The second-order valence-electron chi connectivity index (χ2n) is 4.90. The van der Waals surface area contributed by atoms with Gasteiger partial charge in [-0.1, -0.05) is 17.7 Å². The Labute approximate surface area is 127 Å². The fraction of sp³-hybridized carbons (Fsp3) is 0.176. The number of aryl methyl sites for hydroxylation is 1. The molecule has 2 aromatic carbocycles. The van der Waals surface area contributed by atoms with Gasteiger partial charge in [0.2, 0.25) is 0 Å². The average molecular weight is 301 g/mol. The molecule has 114 valence electrons. The van der Waals surface area contributed by atoms with E-state index < -0.39 is 5.82 Å². The highest BCUT2D eigenvalue weighted by molar-refractivity contribution is 5.97. The lowest BCUT2D eigenvalue weighted by Crippen LogP contribution is -2.20. The fourth-order valence-corrected chi connectivity index (χ4v) is 1.88. The molecule has 0 aliphatic rings. The van der Waals surface area contributed by atoms with E-state index in [4.69, 9.17) is 4.74 Å². The van der Waals surface area contributed by atoms with Crippen LogP contribution in [0.3, 0.4) is 0 Å². The predicted octanol–water partition coefficient (Wildman–Crippen LogP) is 3.35. The summed E-state index contributed by atoms with van der Waals surface area (Å²) in [5.74, 6) is -1.02. The SMILES string of the molecule is CC(=O)c1cc(F)ccc1OCC(=O)Nc1ccc(C)cc1. The van der Waals surface area contributed by atoms with Crippen molar-refractivity contribution in [3.05, 3.63) is 59.4 Å². The maximum atomic E-state index is 13.1. The lowest BCUT2D eigenvalue weighted by atomic mass is 10.1. The third kappa shape index (κ3) is 4.15. The molecule has 22 heavy (non-hydrogen) atoms. The number of nitrogens with one attached hydrogen (secondary N) is 1. The topological polar surface area (TPSA) is 55.4 Å². The van der Waals surface area contributed by atoms with E-state index in [9.17, 15) is 14.0 Å². The van der Waals surface area contributed by atoms with Gasteiger partial charge in [-0.3, -0.25) is 9.59 Å². The van der Waals surface area contributed by atoms with Gasteiger partial charge in [-0.2, -0.15) is 0 Å². The number of carbonyl (C=O) groups excluding carboxylic acids is 2. The number of ketones is 1.